The molecule has 1 aliphatic heterocycles. The van der Waals surface area contributed by atoms with Gasteiger partial charge in [0.15, 0.2) is 5.78 Å². The Labute approximate surface area is 54.8 Å². The van der Waals surface area contributed by atoms with Crippen LogP contribution in [-0.2, 0) is 4.79 Å². The molecule has 1 rings (SSSR count). The van der Waals surface area contributed by atoms with Crippen molar-refractivity contribution in [2.45, 2.75) is 19.0 Å². The third-order valence-corrected chi connectivity index (χ3v) is 1.99. The van der Waals surface area contributed by atoms with E-state index in [1.54, 1.807) is 0 Å². The van der Waals surface area contributed by atoms with E-state index in [4.69, 9.17) is 5.73 Å². The van der Waals surface area contributed by atoms with Crippen molar-refractivity contribution >= 4 is 5.78 Å². The summed E-state index contributed by atoms with van der Waals surface area (Å²) in [4.78, 5) is 12.8. The SMILES string of the molecule is C[C@H]1[C@H](N)C(=O)CN1C. The van der Waals surface area contributed by atoms with Crippen molar-refractivity contribution in [1.82, 2.24) is 4.90 Å². The maximum Gasteiger partial charge on any atom is 0.165 e. The maximum atomic E-state index is 10.8. The van der Waals surface area contributed by atoms with Crippen LogP contribution in [0.15, 0.2) is 0 Å². The second-order valence-corrected chi connectivity index (χ2v) is 2.65. The van der Waals surface area contributed by atoms with Gasteiger partial charge < -0.3 is 5.73 Å². The lowest BCUT2D eigenvalue weighted by molar-refractivity contribution is -0.117. The first-order valence-corrected chi connectivity index (χ1v) is 3.11. The van der Waals surface area contributed by atoms with E-state index in [-0.39, 0.29) is 17.9 Å². The van der Waals surface area contributed by atoms with Crippen LogP contribution in [0.1, 0.15) is 6.92 Å². The number of Topliss-reactive ketones (excluding diaryl/α,β-unsaturated/α-hetero) is 1. The lowest BCUT2D eigenvalue weighted by Crippen LogP contribution is -2.37. The molecule has 0 spiro atoms. The minimum absolute atomic E-state index is 0.157. The summed E-state index contributed by atoms with van der Waals surface area (Å²) in [7, 11) is 1.91. The van der Waals surface area contributed by atoms with Gasteiger partial charge in [-0.1, -0.05) is 0 Å². The van der Waals surface area contributed by atoms with Crippen LogP contribution in [0.3, 0.4) is 0 Å². The maximum absolute atomic E-state index is 10.8. The van der Waals surface area contributed by atoms with Crippen LogP contribution in [-0.4, -0.2) is 36.4 Å². The molecule has 2 atom stereocenters. The number of likely N-dealkylation sites (N-methyl/N-ethyl adjacent to an activating group) is 1. The molecule has 3 heteroatoms. The van der Waals surface area contributed by atoms with Crippen LogP contribution in [0.4, 0.5) is 0 Å². The lowest BCUT2D eigenvalue weighted by Gasteiger charge is -2.14. The molecule has 0 amide bonds. The molecule has 0 radical (unpaired) electrons. The largest absolute Gasteiger partial charge is 0.320 e. The van der Waals surface area contributed by atoms with Crippen molar-refractivity contribution < 1.29 is 4.79 Å². The topological polar surface area (TPSA) is 46.3 Å². The van der Waals surface area contributed by atoms with E-state index in [2.05, 4.69) is 0 Å². The Kier molecular flexibility index (Phi) is 1.55. The lowest BCUT2D eigenvalue weighted by atomic mass is 10.1. The number of carbonyl (C=O) groups is 1. The highest BCUT2D eigenvalue weighted by Gasteiger charge is 2.32. The zero-order valence-electron chi connectivity index (χ0n) is 5.79. The van der Waals surface area contributed by atoms with Gasteiger partial charge in [0.2, 0.25) is 0 Å². The highest BCUT2D eigenvalue weighted by Crippen LogP contribution is 2.08. The van der Waals surface area contributed by atoms with Crippen molar-refractivity contribution in [2.75, 3.05) is 13.6 Å². The van der Waals surface area contributed by atoms with Gasteiger partial charge in [-0.2, -0.15) is 0 Å². The number of ketones is 1. The standard InChI is InChI=1S/C6H12N2O/c1-4-6(7)5(9)3-8(4)2/h4,6H,3,7H2,1-2H3/t4-,6-/m0/s1. The highest BCUT2D eigenvalue weighted by atomic mass is 16.1. The summed E-state index contributed by atoms with van der Waals surface area (Å²) in [6.45, 7) is 2.48. The molecule has 3 nitrogen and oxygen atoms in total. The molecule has 0 bridgehead atoms. The number of likely N-dealkylation sites (tertiary alicyclic amines) is 1. The molecule has 0 saturated carbocycles. The molecule has 1 saturated heterocycles. The smallest absolute Gasteiger partial charge is 0.165 e. The van der Waals surface area contributed by atoms with Gasteiger partial charge >= 0.3 is 0 Å². The van der Waals surface area contributed by atoms with Crippen LogP contribution in [0, 0.1) is 0 Å². The molecule has 0 aromatic heterocycles. The molecular weight excluding hydrogens is 116 g/mol. The summed E-state index contributed by atoms with van der Waals surface area (Å²) in [5.41, 5.74) is 5.52. The molecule has 1 fully saturated rings. The third-order valence-electron chi connectivity index (χ3n) is 1.99. The number of rotatable bonds is 0. The van der Waals surface area contributed by atoms with Gasteiger partial charge in [0.05, 0.1) is 12.6 Å². The van der Waals surface area contributed by atoms with Crippen molar-refractivity contribution in [3.63, 3.8) is 0 Å². The summed E-state index contributed by atoms with van der Waals surface area (Å²) >= 11 is 0. The van der Waals surface area contributed by atoms with Gasteiger partial charge in [-0.05, 0) is 14.0 Å². The minimum Gasteiger partial charge on any atom is -0.320 e. The zero-order valence-corrected chi connectivity index (χ0v) is 5.79. The van der Waals surface area contributed by atoms with Crippen LogP contribution in [0.5, 0.6) is 0 Å². The van der Waals surface area contributed by atoms with Gasteiger partial charge in [-0.15, -0.1) is 0 Å². The normalized spacial score (nSPS) is 37.9. The molecule has 0 unspecified atom stereocenters. The molecule has 0 aliphatic carbocycles. The number of nitrogens with two attached hydrogens (primary N) is 1. The first-order chi connectivity index (χ1) is 4.13. The van der Waals surface area contributed by atoms with Crippen molar-refractivity contribution in [3.05, 3.63) is 0 Å². The van der Waals surface area contributed by atoms with Gasteiger partial charge in [-0.3, -0.25) is 9.69 Å². The van der Waals surface area contributed by atoms with Crippen LogP contribution >= 0.6 is 0 Å². The Morgan fingerprint density at radius 2 is 2.33 bits per heavy atom. The fraction of sp³-hybridized carbons (Fsp3) is 0.833. The van der Waals surface area contributed by atoms with E-state index in [1.165, 1.54) is 0 Å². The van der Waals surface area contributed by atoms with E-state index >= 15 is 0 Å². The second-order valence-electron chi connectivity index (χ2n) is 2.65. The van der Waals surface area contributed by atoms with Crippen LogP contribution in [0.25, 0.3) is 0 Å². The van der Waals surface area contributed by atoms with Crippen LogP contribution in [0.2, 0.25) is 0 Å². The molecule has 1 aliphatic rings. The summed E-state index contributed by atoms with van der Waals surface area (Å²) in [5.74, 6) is 0.157. The first kappa shape index (κ1) is 6.71. The Balaban J connectivity index is 2.65. The quantitative estimate of drug-likeness (QED) is 0.465. The van der Waals surface area contributed by atoms with E-state index < -0.39 is 0 Å². The van der Waals surface area contributed by atoms with E-state index in [1.807, 2.05) is 18.9 Å². The molecule has 0 aromatic rings. The van der Waals surface area contributed by atoms with Crippen molar-refractivity contribution in [3.8, 4) is 0 Å². The van der Waals surface area contributed by atoms with Crippen molar-refractivity contribution in [2.24, 2.45) is 5.73 Å². The predicted octanol–water partition coefficient (Wildman–Crippen LogP) is -0.783. The molecule has 1 heterocycles. The third kappa shape index (κ3) is 0.976. The monoisotopic (exact) mass is 128 g/mol. The van der Waals surface area contributed by atoms with Crippen LogP contribution < -0.4 is 5.73 Å². The molecule has 9 heavy (non-hydrogen) atoms. The molecule has 0 aromatic carbocycles. The zero-order chi connectivity index (χ0) is 7.02. The number of hydrogen-bond donors (Lipinski definition) is 1. The molecular formula is C6H12N2O. The fourth-order valence-corrected chi connectivity index (χ4v) is 1.04. The first-order valence-electron chi connectivity index (χ1n) is 3.11. The fourth-order valence-electron chi connectivity index (χ4n) is 1.04. The Hall–Kier alpha value is -0.410. The minimum atomic E-state index is -0.255. The molecule has 52 valence electrons. The predicted molar refractivity (Wildman–Crippen MR) is 35.1 cm³/mol. The summed E-state index contributed by atoms with van der Waals surface area (Å²) in [6.07, 6.45) is 0. The Morgan fingerprint density at radius 1 is 1.78 bits per heavy atom. The number of carbonyl (C=O) groups excluding carboxylic acids is 1. The molecule has 2 N–H and O–H groups in total. The van der Waals surface area contributed by atoms with E-state index in [0.717, 1.165) is 0 Å². The summed E-state index contributed by atoms with van der Waals surface area (Å²) in [6, 6.07) is -0.0347. The van der Waals surface area contributed by atoms with Gasteiger partial charge in [0.1, 0.15) is 0 Å². The number of nitrogens with zero attached hydrogens (tertiary/aromatic N) is 1. The second kappa shape index (κ2) is 2.08. The van der Waals surface area contributed by atoms with Gasteiger partial charge in [-0.25, -0.2) is 0 Å². The van der Waals surface area contributed by atoms with Gasteiger partial charge in [0, 0.05) is 6.04 Å². The Morgan fingerprint density at radius 3 is 2.44 bits per heavy atom. The highest BCUT2D eigenvalue weighted by molar-refractivity contribution is 5.88. The number of hydrogen-bond acceptors (Lipinski definition) is 3. The Bertz CT molecular complexity index is 135. The van der Waals surface area contributed by atoms with E-state index in [9.17, 15) is 4.79 Å². The average Bonchev–Trinajstić information content (AvgIpc) is 1.98. The van der Waals surface area contributed by atoms with Crippen molar-refractivity contribution in [1.29, 1.82) is 0 Å². The average molecular weight is 128 g/mol. The van der Waals surface area contributed by atoms with E-state index in [0.29, 0.717) is 6.54 Å². The summed E-state index contributed by atoms with van der Waals surface area (Å²) < 4.78 is 0. The summed E-state index contributed by atoms with van der Waals surface area (Å²) in [5, 5.41) is 0. The van der Waals surface area contributed by atoms with Gasteiger partial charge in [0.25, 0.3) is 0 Å².